The molecule has 0 bridgehead atoms. The SMILES string of the molecule is CC(=O)N(CCC(=O)N1CCN(C=O)CC1)c1ccc(N2CCCCC2)cc1. The number of anilines is 2. The smallest absolute Gasteiger partial charge is 0.224 e. The Balaban J connectivity index is 1.56. The third-order valence-corrected chi connectivity index (χ3v) is 5.63. The zero-order valence-electron chi connectivity index (χ0n) is 16.7. The molecule has 1 aromatic carbocycles. The third-order valence-electron chi connectivity index (χ3n) is 5.63. The van der Waals surface area contributed by atoms with Crippen LogP contribution in [0.4, 0.5) is 11.4 Å². The number of carbonyl (C=O) groups excluding carboxylic acids is 3. The van der Waals surface area contributed by atoms with Crippen LogP contribution in [0, 0.1) is 0 Å². The number of piperidine rings is 1. The number of piperazine rings is 1. The zero-order valence-corrected chi connectivity index (χ0v) is 16.7. The number of carbonyl (C=O) groups is 3. The van der Waals surface area contributed by atoms with E-state index in [-0.39, 0.29) is 18.2 Å². The van der Waals surface area contributed by atoms with Gasteiger partial charge in [-0.2, -0.15) is 0 Å². The molecule has 0 spiro atoms. The molecule has 0 unspecified atom stereocenters. The van der Waals surface area contributed by atoms with Crippen LogP contribution in [-0.4, -0.2) is 73.8 Å². The molecule has 28 heavy (non-hydrogen) atoms. The molecular formula is C21H30N4O3. The Morgan fingerprint density at radius 1 is 0.964 bits per heavy atom. The van der Waals surface area contributed by atoms with Crippen LogP contribution in [0.15, 0.2) is 24.3 Å². The molecular weight excluding hydrogens is 356 g/mol. The average molecular weight is 386 g/mol. The third kappa shape index (κ3) is 5.03. The topological polar surface area (TPSA) is 64.2 Å². The van der Waals surface area contributed by atoms with Crippen molar-refractivity contribution in [2.45, 2.75) is 32.6 Å². The van der Waals surface area contributed by atoms with Crippen LogP contribution in [0.5, 0.6) is 0 Å². The maximum Gasteiger partial charge on any atom is 0.224 e. The fourth-order valence-electron chi connectivity index (χ4n) is 3.91. The van der Waals surface area contributed by atoms with Crippen LogP contribution in [0.1, 0.15) is 32.6 Å². The lowest BCUT2D eigenvalue weighted by atomic mass is 10.1. The second-order valence-electron chi connectivity index (χ2n) is 7.51. The first-order valence-electron chi connectivity index (χ1n) is 10.2. The maximum absolute atomic E-state index is 12.5. The summed E-state index contributed by atoms with van der Waals surface area (Å²) < 4.78 is 0. The highest BCUT2D eigenvalue weighted by atomic mass is 16.2. The van der Waals surface area contributed by atoms with E-state index in [1.54, 1.807) is 14.7 Å². The van der Waals surface area contributed by atoms with E-state index in [0.717, 1.165) is 25.2 Å². The molecule has 3 amide bonds. The van der Waals surface area contributed by atoms with Crippen LogP contribution in [-0.2, 0) is 14.4 Å². The summed E-state index contributed by atoms with van der Waals surface area (Å²) in [6, 6.07) is 8.07. The molecule has 0 aromatic heterocycles. The molecule has 0 radical (unpaired) electrons. The molecule has 2 aliphatic rings. The number of nitrogens with zero attached hydrogens (tertiary/aromatic N) is 4. The lowest BCUT2D eigenvalue weighted by molar-refractivity contribution is -0.135. The molecule has 2 fully saturated rings. The van der Waals surface area contributed by atoms with Gasteiger partial charge in [0.2, 0.25) is 18.2 Å². The van der Waals surface area contributed by atoms with Crippen molar-refractivity contribution < 1.29 is 14.4 Å². The van der Waals surface area contributed by atoms with Crippen LogP contribution in [0.25, 0.3) is 0 Å². The molecule has 0 aliphatic carbocycles. The van der Waals surface area contributed by atoms with Crippen molar-refractivity contribution in [3.05, 3.63) is 24.3 Å². The first-order valence-corrected chi connectivity index (χ1v) is 10.2. The van der Waals surface area contributed by atoms with Gasteiger partial charge in [-0.3, -0.25) is 14.4 Å². The van der Waals surface area contributed by atoms with E-state index in [9.17, 15) is 14.4 Å². The highest BCUT2D eigenvalue weighted by molar-refractivity contribution is 5.92. The largest absolute Gasteiger partial charge is 0.372 e. The summed E-state index contributed by atoms with van der Waals surface area (Å²) in [5.41, 5.74) is 2.02. The molecule has 3 rings (SSSR count). The minimum Gasteiger partial charge on any atom is -0.372 e. The molecule has 0 saturated carbocycles. The van der Waals surface area contributed by atoms with E-state index in [1.165, 1.54) is 31.9 Å². The second kappa shape index (κ2) is 9.57. The highest BCUT2D eigenvalue weighted by Crippen LogP contribution is 2.24. The summed E-state index contributed by atoms with van der Waals surface area (Å²) in [6.45, 7) is 6.33. The van der Waals surface area contributed by atoms with Gasteiger partial charge in [0.15, 0.2) is 0 Å². The van der Waals surface area contributed by atoms with Gasteiger partial charge in [-0.05, 0) is 43.5 Å². The predicted octanol–water partition coefficient (Wildman–Crippen LogP) is 1.72. The van der Waals surface area contributed by atoms with Gasteiger partial charge >= 0.3 is 0 Å². The van der Waals surface area contributed by atoms with E-state index < -0.39 is 0 Å². The monoisotopic (exact) mass is 386 g/mol. The quantitative estimate of drug-likeness (QED) is 0.699. The second-order valence-corrected chi connectivity index (χ2v) is 7.51. The minimum absolute atomic E-state index is 0.0294. The van der Waals surface area contributed by atoms with E-state index >= 15 is 0 Å². The lowest BCUT2D eigenvalue weighted by Gasteiger charge is -2.33. The minimum atomic E-state index is -0.0655. The number of hydrogen-bond donors (Lipinski definition) is 0. The van der Waals surface area contributed by atoms with Gasteiger partial charge in [-0.1, -0.05) is 0 Å². The van der Waals surface area contributed by atoms with Gasteiger partial charge in [-0.25, -0.2) is 0 Å². The fraction of sp³-hybridized carbons (Fsp3) is 0.571. The van der Waals surface area contributed by atoms with Crippen molar-refractivity contribution in [3.8, 4) is 0 Å². The fourth-order valence-corrected chi connectivity index (χ4v) is 3.91. The summed E-state index contributed by atoms with van der Waals surface area (Å²) in [7, 11) is 0. The Bertz CT molecular complexity index is 677. The average Bonchev–Trinajstić information content (AvgIpc) is 2.74. The summed E-state index contributed by atoms with van der Waals surface area (Å²) in [5, 5.41) is 0. The first-order chi connectivity index (χ1) is 13.6. The van der Waals surface area contributed by atoms with Gasteiger partial charge in [0.05, 0.1) is 0 Å². The molecule has 0 N–H and O–H groups in total. The standard InChI is InChI=1S/C21H30N4O3/c1-18(27)25(12-9-21(28)24-15-13-22(17-26)14-16-24)20-7-5-19(6-8-20)23-10-3-2-4-11-23/h5-8,17H,2-4,9-16H2,1H3. The molecule has 7 nitrogen and oxygen atoms in total. The van der Waals surface area contributed by atoms with Crippen molar-refractivity contribution in [2.24, 2.45) is 0 Å². The van der Waals surface area contributed by atoms with E-state index in [1.807, 2.05) is 12.1 Å². The molecule has 152 valence electrons. The van der Waals surface area contributed by atoms with Gasteiger partial charge in [0.25, 0.3) is 0 Å². The molecule has 2 saturated heterocycles. The van der Waals surface area contributed by atoms with Gasteiger partial charge < -0.3 is 19.6 Å². The van der Waals surface area contributed by atoms with Crippen LogP contribution >= 0.6 is 0 Å². The van der Waals surface area contributed by atoms with Crippen molar-refractivity contribution in [2.75, 3.05) is 55.6 Å². The van der Waals surface area contributed by atoms with Gasteiger partial charge in [0, 0.05) is 70.5 Å². The molecule has 1 aromatic rings. The van der Waals surface area contributed by atoms with Crippen LogP contribution < -0.4 is 9.80 Å². The zero-order chi connectivity index (χ0) is 19.9. The highest BCUT2D eigenvalue weighted by Gasteiger charge is 2.21. The number of amides is 3. The molecule has 2 aliphatic heterocycles. The number of rotatable bonds is 6. The van der Waals surface area contributed by atoms with Crippen molar-refractivity contribution in [3.63, 3.8) is 0 Å². The number of benzene rings is 1. The molecule has 0 atom stereocenters. The summed E-state index contributed by atoms with van der Waals surface area (Å²) in [6.07, 6.45) is 4.86. The van der Waals surface area contributed by atoms with Crippen LogP contribution in [0.3, 0.4) is 0 Å². The lowest BCUT2D eigenvalue weighted by Crippen LogP contribution is -2.48. The predicted molar refractivity (Wildman–Crippen MR) is 109 cm³/mol. The maximum atomic E-state index is 12.5. The van der Waals surface area contributed by atoms with E-state index in [2.05, 4.69) is 17.0 Å². The van der Waals surface area contributed by atoms with Gasteiger partial charge in [-0.15, -0.1) is 0 Å². The van der Waals surface area contributed by atoms with E-state index in [4.69, 9.17) is 0 Å². The van der Waals surface area contributed by atoms with Crippen molar-refractivity contribution >= 4 is 29.6 Å². The first kappa shape index (κ1) is 20.2. The molecule has 7 heteroatoms. The Hall–Kier alpha value is -2.57. The number of hydrogen-bond acceptors (Lipinski definition) is 4. The summed E-state index contributed by atoms with van der Waals surface area (Å²) in [5.74, 6) is -0.0361. The Kier molecular flexibility index (Phi) is 6.90. The Morgan fingerprint density at radius 3 is 2.18 bits per heavy atom. The van der Waals surface area contributed by atoms with Crippen LogP contribution in [0.2, 0.25) is 0 Å². The van der Waals surface area contributed by atoms with E-state index in [0.29, 0.717) is 32.7 Å². The Labute approximate surface area is 166 Å². The van der Waals surface area contributed by atoms with Gasteiger partial charge in [0.1, 0.15) is 0 Å². The summed E-state index contributed by atoms with van der Waals surface area (Å²) >= 11 is 0. The van der Waals surface area contributed by atoms with Crippen molar-refractivity contribution in [1.29, 1.82) is 0 Å². The summed E-state index contributed by atoms with van der Waals surface area (Å²) in [4.78, 5) is 42.9. The van der Waals surface area contributed by atoms with Crippen molar-refractivity contribution in [1.82, 2.24) is 9.80 Å². The normalized spacial score (nSPS) is 17.4. The Morgan fingerprint density at radius 2 is 1.61 bits per heavy atom. The molecule has 2 heterocycles.